The first-order valence-corrected chi connectivity index (χ1v) is 9.28. The molecule has 2 aliphatic heterocycles. The Balaban J connectivity index is 1.29. The van der Waals surface area contributed by atoms with Crippen LogP contribution < -0.4 is 15.1 Å². The fraction of sp³-hybridized carbons (Fsp3) is 0.500. The zero-order valence-electron chi connectivity index (χ0n) is 15.1. The molecule has 9 nitrogen and oxygen atoms in total. The van der Waals surface area contributed by atoms with E-state index in [0.717, 1.165) is 51.6 Å². The molecule has 0 bridgehead atoms. The summed E-state index contributed by atoms with van der Waals surface area (Å²) in [5, 5.41) is 2.89. The van der Waals surface area contributed by atoms with Crippen LogP contribution in [-0.2, 0) is 4.74 Å². The van der Waals surface area contributed by atoms with E-state index in [4.69, 9.17) is 4.74 Å². The quantitative estimate of drug-likeness (QED) is 0.814. The van der Waals surface area contributed by atoms with Crippen LogP contribution in [0.3, 0.4) is 0 Å². The molecule has 0 saturated carbocycles. The lowest BCUT2D eigenvalue weighted by molar-refractivity contribution is 0.0857. The number of nitrogens with zero attached hydrogens (tertiary/aromatic N) is 6. The maximum Gasteiger partial charge on any atom is 0.254 e. The Kier molecular flexibility index (Phi) is 5.38. The van der Waals surface area contributed by atoms with Gasteiger partial charge in [0.15, 0.2) is 0 Å². The molecule has 4 rings (SSSR count). The summed E-state index contributed by atoms with van der Waals surface area (Å²) >= 11 is 0. The molecule has 2 aliphatic rings. The molecule has 2 aromatic heterocycles. The van der Waals surface area contributed by atoms with Crippen molar-refractivity contribution in [1.29, 1.82) is 0 Å². The fourth-order valence-electron chi connectivity index (χ4n) is 3.28. The lowest BCUT2D eigenvalue weighted by atomic mass is 10.2. The number of carbonyl (C=O) groups excluding carboxylic acids is 1. The second kappa shape index (κ2) is 8.26. The van der Waals surface area contributed by atoms with Crippen LogP contribution in [0.25, 0.3) is 0 Å². The van der Waals surface area contributed by atoms with Gasteiger partial charge in [-0.25, -0.2) is 19.9 Å². The van der Waals surface area contributed by atoms with Gasteiger partial charge in [-0.15, -0.1) is 0 Å². The minimum Gasteiger partial charge on any atom is -0.376 e. The fourth-order valence-corrected chi connectivity index (χ4v) is 3.28. The van der Waals surface area contributed by atoms with Gasteiger partial charge in [-0.2, -0.15) is 0 Å². The van der Waals surface area contributed by atoms with Crippen molar-refractivity contribution in [2.75, 3.05) is 49.1 Å². The number of hydrogen-bond donors (Lipinski definition) is 1. The van der Waals surface area contributed by atoms with E-state index in [0.29, 0.717) is 18.1 Å². The standard InChI is InChI=1S/C18H23N7O2/c26-16(21-13-15-3-1-10-27-15)14-11-22-18(23-12-14)25-8-6-24(7-9-25)17-19-4-2-5-20-17/h2,4-5,11-12,15H,1,3,6-10,13H2,(H,21,26). The van der Waals surface area contributed by atoms with Crippen molar-refractivity contribution in [2.45, 2.75) is 18.9 Å². The summed E-state index contributed by atoms with van der Waals surface area (Å²) in [4.78, 5) is 33.8. The van der Waals surface area contributed by atoms with E-state index in [1.807, 2.05) is 6.07 Å². The van der Waals surface area contributed by atoms with Crippen molar-refractivity contribution in [3.63, 3.8) is 0 Å². The highest BCUT2D eigenvalue weighted by molar-refractivity contribution is 5.93. The molecule has 27 heavy (non-hydrogen) atoms. The summed E-state index contributed by atoms with van der Waals surface area (Å²) in [7, 11) is 0. The molecule has 1 unspecified atom stereocenters. The Morgan fingerprint density at radius 1 is 1.04 bits per heavy atom. The summed E-state index contributed by atoms with van der Waals surface area (Å²) in [6.07, 6.45) is 8.84. The van der Waals surface area contributed by atoms with Crippen molar-refractivity contribution in [1.82, 2.24) is 25.3 Å². The van der Waals surface area contributed by atoms with E-state index in [2.05, 4.69) is 35.1 Å². The number of anilines is 2. The van der Waals surface area contributed by atoms with E-state index in [9.17, 15) is 4.79 Å². The van der Waals surface area contributed by atoms with Gasteiger partial charge in [0.25, 0.3) is 5.91 Å². The Morgan fingerprint density at radius 2 is 1.67 bits per heavy atom. The van der Waals surface area contributed by atoms with Crippen molar-refractivity contribution in [3.8, 4) is 0 Å². The van der Waals surface area contributed by atoms with Crippen LogP contribution in [0.4, 0.5) is 11.9 Å². The van der Waals surface area contributed by atoms with Gasteiger partial charge in [-0.3, -0.25) is 4.79 Å². The van der Waals surface area contributed by atoms with Gasteiger partial charge in [0.1, 0.15) is 0 Å². The number of piperazine rings is 1. The highest BCUT2D eigenvalue weighted by Crippen LogP contribution is 2.14. The van der Waals surface area contributed by atoms with Gasteiger partial charge >= 0.3 is 0 Å². The predicted molar refractivity (Wildman–Crippen MR) is 99.8 cm³/mol. The Bertz CT molecular complexity index is 742. The van der Waals surface area contributed by atoms with Crippen molar-refractivity contribution in [3.05, 3.63) is 36.4 Å². The van der Waals surface area contributed by atoms with E-state index < -0.39 is 0 Å². The number of carbonyl (C=O) groups is 1. The topological polar surface area (TPSA) is 96.4 Å². The summed E-state index contributed by atoms with van der Waals surface area (Å²) in [5.74, 6) is 1.22. The molecule has 1 amide bonds. The molecular formula is C18H23N7O2. The smallest absolute Gasteiger partial charge is 0.254 e. The second-order valence-electron chi connectivity index (χ2n) is 6.64. The second-order valence-corrected chi connectivity index (χ2v) is 6.64. The average molecular weight is 369 g/mol. The largest absolute Gasteiger partial charge is 0.376 e. The number of rotatable bonds is 5. The molecule has 1 N–H and O–H groups in total. The number of aromatic nitrogens is 4. The molecule has 2 fully saturated rings. The molecule has 0 radical (unpaired) electrons. The molecular weight excluding hydrogens is 346 g/mol. The first kappa shape index (κ1) is 17.6. The van der Waals surface area contributed by atoms with E-state index in [-0.39, 0.29) is 12.0 Å². The van der Waals surface area contributed by atoms with Crippen molar-refractivity contribution in [2.24, 2.45) is 0 Å². The van der Waals surface area contributed by atoms with E-state index in [1.165, 1.54) is 0 Å². The summed E-state index contributed by atoms with van der Waals surface area (Å²) in [6, 6.07) is 1.81. The summed E-state index contributed by atoms with van der Waals surface area (Å²) in [5.41, 5.74) is 0.466. The molecule has 0 aliphatic carbocycles. The van der Waals surface area contributed by atoms with Crippen molar-refractivity contribution >= 4 is 17.8 Å². The normalized spacial score (nSPS) is 19.9. The van der Waals surface area contributed by atoms with Crippen LogP contribution in [0.2, 0.25) is 0 Å². The highest BCUT2D eigenvalue weighted by atomic mass is 16.5. The first-order chi connectivity index (χ1) is 13.3. The number of ether oxygens (including phenoxy) is 1. The van der Waals surface area contributed by atoms with Crippen LogP contribution in [0.1, 0.15) is 23.2 Å². The van der Waals surface area contributed by atoms with E-state index >= 15 is 0 Å². The molecule has 2 aromatic rings. The van der Waals surface area contributed by atoms with Crippen LogP contribution >= 0.6 is 0 Å². The molecule has 0 aromatic carbocycles. The Labute approximate surface area is 157 Å². The molecule has 9 heteroatoms. The molecule has 2 saturated heterocycles. The molecule has 142 valence electrons. The van der Waals surface area contributed by atoms with Gasteiger partial charge in [0.05, 0.1) is 11.7 Å². The first-order valence-electron chi connectivity index (χ1n) is 9.28. The lowest BCUT2D eigenvalue weighted by Gasteiger charge is -2.34. The molecule has 4 heterocycles. The Morgan fingerprint density at radius 3 is 2.26 bits per heavy atom. The number of hydrogen-bond acceptors (Lipinski definition) is 8. The van der Waals surface area contributed by atoms with Gasteiger partial charge < -0.3 is 19.9 Å². The van der Waals surface area contributed by atoms with Gasteiger partial charge in [0, 0.05) is 64.1 Å². The van der Waals surface area contributed by atoms with Crippen LogP contribution in [-0.4, -0.2) is 71.3 Å². The van der Waals surface area contributed by atoms with Crippen LogP contribution in [0.5, 0.6) is 0 Å². The average Bonchev–Trinajstić information content (AvgIpc) is 3.27. The highest BCUT2D eigenvalue weighted by Gasteiger charge is 2.21. The third-order valence-corrected chi connectivity index (χ3v) is 4.81. The van der Waals surface area contributed by atoms with Crippen LogP contribution in [0, 0.1) is 0 Å². The number of nitrogens with one attached hydrogen (secondary N) is 1. The SMILES string of the molecule is O=C(NCC1CCCO1)c1cnc(N2CCN(c3ncccn3)CC2)nc1. The van der Waals surface area contributed by atoms with Gasteiger partial charge in [-0.1, -0.05) is 0 Å². The predicted octanol–water partition coefficient (Wildman–Crippen LogP) is 0.502. The van der Waals surface area contributed by atoms with Crippen LogP contribution in [0.15, 0.2) is 30.9 Å². The van der Waals surface area contributed by atoms with Gasteiger partial charge in [-0.05, 0) is 18.9 Å². The minimum absolute atomic E-state index is 0.124. The summed E-state index contributed by atoms with van der Waals surface area (Å²) < 4.78 is 5.51. The monoisotopic (exact) mass is 369 g/mol. The number of amides is 1. The van der Waals surface area contributed by atoms with Crippen molar-refractivity contribution < 1.29 is 9.53 Å². The third-order valence-electron chi connectivity index (χ3n) is 4.81. The Hall–Kier alpha value is -2.81. The maximum absolute atomic E-state index is 12.2. The molecule has 1 atom stereocenters. The minimum atomic E-state index is -0.164. The zero-order chi connectivity index (χ0) is 18.5. The maximum atomic E-state index is 12.2. The molecule has 0 spiro atoms. The zero-order valence-corrected chi connectivity index (χ0v) is 15.1. The lowest BCUT2D eigenvalue weighted by Crippen LogP contribution is -2.47. The third kappa shape index (κ3) is 4.30. The summed E-state index contributed by atoms with van der Waals surface area (Å²) in [6.45, 7) is 4.48. The van der Waals surface area contributed by atoms with Gasteiger partial charge in [0.2, 0.25) is 11.9 Å². The van der Waals surface area contributed by atoms with E-state index in [1.54, 1.807) is 24.8 Å².